The minimum atomic E-state index is 0.443. The third-order valence-electron chi connectivity index (χ3n) is 3.56. The highest BCUT2D eigenvalue weighted by Gasteiger charge is 2.22. The first kappa shape index (κ1) is 14.1. The number of anilines is 1. The van der Waals surface area contributed by atoms with Crippen LogP contribution in [0, 0.1) is 5.92 Å². The highest BCUT2D eigenvalue weighted by Crippen LogP contribution is 2.27. The normalized spacial score (nSPS) is 18.5. The minimum Gasteiger partial charge on any atom is -0.476 e. The van der Waals surface area contributed by atoms with Crippen molar-refractivity contribution < 1.29 is 4.74 Å². The van der Waals surface area contributed by atoms with Gasteiger partial charge in [0.05, 0.1) is 17.8 Å². The summed E-state index contributed by atoms with van der Waals surface area (Å²) in [4.78, 5) is 14.7. The fourth-order valence-electron chi connectivity index (χ4n) is 2.57. The van der Waals surface area contributed by atoms with E-state index in [1.807, 2.05) is 12.1 Å². The van der Waals surface area contributed by atoms with Crippen molar-refractivity contribution in [3.05, 3.63) is 41.9 Å². The molecule has 0 N–H and O–H groups in total. The largest absolute Gasteiger partial charge is 0.476 e. The number of halogens is 1. The lowest BCUT2D eigenvalue weighted by Gasteiger charge is -2.33. The first-order chi connectivity index (χ1) is 10.3. The molecule has 6 heteroatoms. The van der Waals surface area contributed by atoms with Gasteiger partial charge in [0.15, 0.2) is 0 Å². The van der Waals surface area contributed by atoms with E-state index in [1.165, 1.54) is 0 Å². The van der Waals surface area contributed by atoms with Gasteiger partial charge >= 0.3 is 0 Å². The Morgan fingerprint density at radius 3 is 3.05 bits per heavy atom. The second-order valence-corrected chi connectivity index (χ2v) is 5.52. The van der Waals surface area contributed by atoms with Crippen LogP contribution in [0.1, 0.15) is 12.8 Å². The van der Waals surface area contributed by atoms with Crippen molar-refractivity contribution in [3.8, 4) is 5.88 Å². The zero-order valence-corrected chi connectivity index (χ0v) is 12.4. The molecule has 1 saturated heterocycles. The molecular formula is C15H17ClN4O. The maximum absolute atomic E-state index is 6.22. The Hall–Kier alpha value is -1.88. The van der Waals surface area contributed by atoms with Crippen LogP contribution in [0.25, 0.3) is 0 Å². The molecule has 3 rings (SSSR count). The summed E-state index contributed by atoms with van der Waals surface area (Å²) in [6.45, 7) is 2.52. The Labute approximate surface area is 129 Å². The molecular weight excluding hydrogens is 288 g/mol. The van der Waals surface area contributed by atoms with Crippen molar-refractivity contribution in [2.24, 2.45) is 5.92 Å². The molecule has 0 bridgehead atoms. The van der Waals surface area contributed by atoms with E-state index in [4.69, 9.17) is 16.3 Å². The standard InChI is InChI=1S/C15H17ClN4O/c16-13-4-1-5-19-15(13)20-8-2-3-12(10-20)11-21-14-9-17-6-7-18-14/h1,4-7,9,12H,2-3,8,10-11H2. The van der Waals surface area contributed by atoms with Gasteiger partial charge in [0.2, 0.25) is 5.88 Å². The smallest absolute Gasteiger partial charge is 0.232 e. The molecule has 0 aromatic carbocycles. The summed E-state index contributed by atoms with van der Waals surface area (Å²) in [6.07, 6.45) is 8.94. The molecule has 21 heavy (non-hydrogen) atoms. The molecule has 0 amide bonds. The van der Waals surface area contributed by atoms with Crippen LogP contribution in [0.3, 0.4) is 0 Å². The highest BCUT2D eigenvalue weighted by atomic mass is 35.5. The lowest BCUT2D eigenvalue weighted by molar-refractivity contribution is 0.221. The van der Waals surface area contributed by atoms with Gasteiger partial charge in [-0.25, -0.2) is 9.97 Å². The van der Waals surface area contributed by atoms with Gasteiger partial charge in [-0.05, 0) is 25.0 Å². The first-order valence-corrected chi connectivity index (χ1v) is 7.45. The summed E-state index contributed by atoms with van der Waals surface area (Å²) >= 11 is 6.22. The van der Waals surface area contributed by atoms with E-state index in [1.54, 1.807) is 24.8 Å². The number of pyridine rings is 1. The molecule has 0 saturated carbocycles. The quantitative estimate of drug-likeness (QED) is 0.869. The van der Waals surface area contributed by atoms with E-state index < -0.39 is 0 Å². The molecule has 2 aromatic rings. The van der Waals surface area contributed by atoms with Gasteiger partial charge < -0.3 is 9.64 Å². The zero-order valence-electron chi connectivity index (χ0n) is 11.7. The highest BCUT2D eigenvalue weighted by molar-refractivity contribution is 6.32. The summed E-state index contributed by atoms with van der Waals surface area (Å²) in [5.41, 5.74) is 0. The summed E-state index contributed by atoms with van der Waals surface area (Å²) in [6, 6.07) is 3.73. The van der Waals surface area contributed by atoms with Crippen molar-refractivity contribution in [2.75, 3.05) is 24.6 Å². The number of hydrogen-bond acceptors (Lipinski definition) is 5. The van der Waals surface area contributed by atoms with Gasteiger partial charge in [-0.2, -0.15) is 0 Å². The summed E-state index contributed by atoms with van der Waals surface area (Å²) < 4.78 is 5.71. The maximum atomic E-state index is 6.22. The Bertz CT molecular complexity index is 581. The van der Waals surface area contributed by atoms with Gasteiger partial charge in [0.1, 0.15) is 5.82 Å². The predicted molar refractivity (Wildman–Crippen MR) is 81.7 cm³/mol. The Kier molecular flexibility index (Phi) is 4.50. The summed E-state index contributed by atoms with van der Waals surface area (Å²) in [5, 5.41) is 0.702. The van der Waals surface area contributed by atoms with Crippen molar-refractivity contribution in [3.63, 3.8) is 0 Å². The van der Waals surface area contributed by atoms with Crippen LogP contribution in [-0.2, 0) is 0 Å². The number of piperidine rings is 1. The van der Waals surface area contributed by atoms with E-state index in [-0.39, 0.29) is 0 Å². The van der Waals surface area contributed by atoms with Crippen LogP contribution in [0.4, 0.5) is 5.82 Å². The van der Waals surface area contributed by atoms with Crippen molar-refractivity contribution >= 4 is 17.4 Å². The van der Waals surface area contributed by atoms with Crippen molar-refractivity contribution in [1.82, 2.24) is 15.0 Å². The third-order valence-corrected chi connectivity index (χ3v) is 3.86. The molecule has 1 fully saturated rings. The molecule has 0 radical (unpaired) electrons. The number of hydrogen-bond donors (Lipinski definition) is 0. The lowest BCUT2D eigenvalue weighted by atomic mass is 9.99. The average molecular weight is 305 g/mol. The van der Waals surface area contributed by atoms with Crippen LogP contribution in [-0.4, -0.2) is 34.6 Å². The van der Waals surface area contributed by atoms with Crippen LogP contribution in [0.15, 0.2) is 36.9 Å². The van der Waals surface area contributed by atoms with E-state index >= 15 is 0 Å². The molecule has 1 aliphatic rings. The topological polar surface area (TPSA) is 51.1 Å². The van der Waals surface area contributed by atoms with Crippen molar-refractivity contribution in [1.29, 1.82) is 0 Å². The molecule has 0 aliphatic carbocycles. The number of rotatable bonds is 4. The van der Waals surface area contributed by atoms with Crippen LogP contribution in [0.2, 0.25) is 5.02 Å². The molecule has 1 atom stereocenters. The summed E-state index contributed by atoms with van der Waals surface area (Å²) in [5.74, 6) is 1.88. The van der Waals surface area contributed by atoms with Crippen molar-refractivity contribution in [2.45, 2.75) is 12.8 Å². The minimum absolute atomic E-state index is 0.443. The Balaban J connectivity index is 1.60. The molecule has 1 aliphatic heterocycles. The fraction of sp³-hybridized carbons (Fsp3) is 0.400. The number of nitrogens with zero attached hydrogens (tertiary/aromatic N) is 4. The molecule has 110 valence electrons. The number of aromatic nitrogens is 3. The molecule has 3 heterocycles. The van der Waals surface area contributed by atoms with Gasteiger partial charge in [0.25, 0.3) is 0 Å². The van der Waals surface area contributed by atoms with Gasteiger partial charge in [-0.3, -0.25) is 4.98 Å². The average Bonchev–Trinajstić information content (AvgIpc) is 2.55. The van der Waals surface area contributed by atoms with E-state index in [0.717, 1.165) is 31.7 Å². The van der Waals surface area contributed by atoms with Crippen LogP contribution < -0.4 is 9.64 Å². The molecule has 0 spiro atoms. The maximum Gasteiger partial charge on any atom is 0.232 e. The van der Waals surface area contributed by atoms with Gasteiger partial charge in [-0.15, -0.1) is 0 Å². The number of ether oxygens (including phenoxy) is 1. The Morgan fingerprint density at radius 1 is 1.29 bits per heavy atom. The van der Waals surface area contributed by atoms with E-state index in [2.05, 4.69) is 19.9 Å². The van der Waals surface area contributed by atoms with Gasteiger partial charge in [-0.1, -0.05) is 11.6 Å². The second kappa shape index (κ2) is 6.72. The SMILES string of the molecule is Clc1cccnc1N1CCCC(COc2cnccn2)C1. The molecule has 2 aromatic heterocycles. The fourth-order valence-corrected chi connectivity index (χ4v) is 2.81. The monoisotopic (exact) mass is 304 g/mol. The van der Waals surface area contributed by atoms with E-state index in [9.17, 15) is 0 Å². The molecule has 1 unspecified atom stereocenters. The summed E-state index contributed by atoms with van der Waals surface area (Å²) in [7, 11) is 0. The van der Waals surface area contributed by atoms with Gasteiger partial charge in [0, 0.05) is 37.6 Å². The van der Waals surface area contributed by atoms with E-state index in [0.29, 0.717) is 23.4 Å². The second-order valence-electron chi connectivity index (χ2n) is 5.12. The first-order valence-electron chi connectivity index (χ1n) is 7.07. The van der Waals surface area contributed by atoms with Crippen LogP contribution >= 0.6 is 11.6 Å². The Morgan fingerprint density at radius 2 is 2.24 bits per heavy atom. The van der Waals surface area contributed by atoms with Crippen LogP contribution in [0.5, 0.6) is 5.88 Å². The molecule has 5 nitrogen and oxygen atoms in total. The zero-order chi connectivity index (χ0) is 14.5. The third kappa shape index (κ3) is 3.61. The lowest BCUT2D eigenvalue weighted by Crippen LogP contribution is -2.38. The predicted octanol–water partition coefficient (Wildman–Crippen LogP) is 2.82.